The number of amides is 1. The molecule has 3 heteroatoms. The first kappa shape index (κ1) is 20.1. The van der Waals surface area contributed by atoms with Crippen molar-refractivity contribution in [3.8, 4) is 0 Å². The first-order valence-electron chi connectivity index (χ1n) is 11.0. The van der Waals surface area contributed by atoms with Gasteiger partial charge < -0.3 is 4.90 Å². The molecule has 27 heavy (non-hydrogen) atoms. The van der Waals surface area contributed by atoms with Crippen LogP contribution in [0.5, 0.6) is 0 Å². The zero-order valence-corrected chi connectivity index (χ0v) is 16.9. The summed E-state index contributed by atoms with van der Waals surface area (Å²) in [6.45, 7) is 3.12. The smallest absolute Gasteiger partial charge is 0.222 e. The number of carbonyl (C=O) groups is 2. The number of fused-ring (bicyclic) bond motifs is 1. The maximum atomic E-state index is 12.7. The Morgan fingerprint density at radius 1 is 1.00 bits per heavy atom. The molecule has 2 aliphatic rings. The quantitative estimate of drug-likeness (QED) is 0.607. The molecule has 1 aliphatic heterocycles. The third kappa shape index (κ3) is 5.67. The molecule has 0 aromatic heterocycles. The topological polar surface area (TPSA) is 37.4 Å². The highest BCUT2D eigenvalue weighted by Crippen LogP contribution is 2.35. The third-order valence-corrected chi connectivity index (χ3v) is 6.63. The van der Waals surface area contributed by atoms with E-state index in [1.54, 1.807) is 0 Å². The lowest BCUT2D eigenvalue weighted by Gasteiger charge is -2.44. The normalized spacial score (nSPS) is 23.5. The fraction of sp³-hybridized carbons (Fsp3) is 0.667. The van der Waals surface area contributed by atoms with E-state index in [0.717, 1.165) is 25.3 Å². The first-order chi connectivity index (χ1) is 13.1. The van der Waals surface area contributed by atoms with Crippen LogP contribution in [-0.2, 0) is 9.59 Å². The second-order valence-corrected chi connectivity index (χ2v) is 8.58. The third-order valence-electron chi connectivity index (χ3n) is 6.63. The van der Waals surface area contributed by atoms with Crippen LogP contribution < -0.4 is 0 Å². The Morgan fingerprint density at radius 3 is 2.56 bits per heavy atom. The van der Waals surface area contributed by atoms with E-state index in [1.807, 2.05) is 6.07 Å². The van der Waals surface area contributed by atoms with Crippen LogP contribution in [0.4, 0.5) is 0 Å². The summed E-state index contributed by atoms with van der Waals surface area (Å²) in [5.74, 6) is 1.74. The minimum Gasteiger partial charge on any atom is -0.339 e. The van der Waals surface area contributed by atoms with Crippen molar-refractivity contribution in [2.45, 2.75) is 89.5 Å². The van der Waals surface area contributed by atoms with E-state index in [2.05, 4.69) is 36.1 Å². The van der Waals surface area contributed by atoms with Crippen LogP contribution in [-0.4, -0.2) is 29.2 Å². The van der Waals surface area contributed by atoms with Gasteiger partial charge in [-0.1, -0.05) is 50.1 Å². The van der Waals surface area contributed by atoms with Crippen molar-refractivity contribution in [1.82, 2.24) is 4.90 Å². The highest BCUT2D eigenvalue weighted by molar-refractivity contribution is 5.80. The molecule has 2 fully saturated rings. The molecule has 0 radical (unpaired) electrons. The Labute approximate surface area is 164 Å². The summed E-state index contributed by atoms with van der Waals surface area (Å²) < 4.78 is 0. The van der Waals surface area contributed by atoms with Crippen LogP contribution in [0.3, 0.4) is 0 Å². The number of ketones is 1. The monoisotopic (exact) mass is 369 g/mol. The molecule has 3 nitrogen and oxygen atoms in total. The predicted octanol–water partition coefficient (Wildman–Crippen LogP) is 5.49. The Bertz CT molecular complexity index is 610. The van der Waals surface area contributed by atoms with Crippen LogP contribution in [0.25, 0.3) is 0 Å². The summed E-state index contributed by atoms with van der Waals surface area (Å²) in [4.78, 5) is 27.1. The van der Waals surface area contributed by atoms with Crippen molar-refractivity contribution in [3.05, 3.63) is 35.9 Å². The Hall–Kier alpha value is -1.64. The van der Waals surface area contributed by atoms with Gasteiger partial charge in [-0.3, -0.25) is 9.59 Å². The number of carbonyl (C=O) groups excluding carboxylic acids is 2. The number of benzene rings is 1. The number of nitrogens with zero attached hydrogens (tertiary/aromatic N) is 1. The van der Waals surface area contributed by atoms with Crippen LogP contribution in [0.15, 0.2) is 30.3 Å². The molecule has 0 bridgehead atoms. The van der Waals surface area contributed by atoms with Gasteiger partial charge in [-0.25, -0.2) is 0 Å². The number of likely N-dealkylation sites (tertiary alicyclic amines) is 1. The lowest BCUT2D eigenvalue weighted by atomic mass is 9.78. The fourth-order valence-corrected chi connectivity index (χ4v) is 4.97. The van der Waals surface area contributed by atoms with E-state index in [9.17, 15) is 9.59 Å². The first-order valence-corrected chi connectivity index (χ1v) is 11.0. The molecule has 0 spiro atoms. The molecule has 1 saturated carbocycles. The summed E-state index contributed by atoms with van der Waals surface area (Å²) in [6.07, 6.45) is 10.9. The second-order valence-electron chi connectivity index (χ2n) is 8.58. The van der Waals surface area contributed by atoms with Crippen LogP contribution in [0, 0.1) is 5.92 Å². The molecule has 1 heterocycles. The van der Waals surface area contributed by atoms with Gasteiger partial charge in [0.25, 0.3) is 0 Å². The van der Waals surface area contributed by atoms with Crippen LogP contribution >= 0.6 is 0 Å². The van der Waals surface area contributed by atoms with Crippen molar-refractivity contribution in [2.24, 2.45) is 5.92 Å². The van der Waals surface area contributed by atoms with Gasteiger partial charge in [0.15, 0.2) is 0 Å². The lowest BCUT2D eigenvalue weighted by Crippen LogP contribution is -2.49. The molecular formula is C24H35NO2. The molecule has 0 N–H and O–H groups in total. The molecular weight excluding hydrogens is 334 g/mol. The minimum absolute atomic E-state index is 0.289. The van der Waals surface area contributed by atoms with Crippen molar-refractivity contribution < 1.29 is 9.59 Å². The molecule has 1 aromatic carbocycles. The van der Waals surface area contributed by atoms with Gasteiger partial charge in [-0.2, -0.15) is 0 Å². The number of rotatable bonds is 8. The maximum absolute atomic E-state index is 12.7. The Morgan fingerprint density at radius 2 is 1.74 bits per heavy atom. The number of Topliss-reactive ketones (excluding diaryl/α,β-unsaturated/α-hetero) is 1. The molecule has 1 saturated heterocycles. The van der Waals surface area contributed by atoms with Gasteiger partial charge in [0.1, 0.15) is 5.78 Å². The average molecular weight is 370 g/mol. The molecule has 3 rings (SSSR count). The van der Waals surface area contributed by atoms with Gasteiger partial charge in [-0.05, 0) is 55.9 Å². The lowest BCUT2D eigenvalue weighted by molar-refractivity contribution is -0.137. The van der Waals surface area contributed by atoms with Crippen molar-refractivity contribution >= 4 is 11.7 Å². The average Bonchev–Trinajstić information content (AvgIpc) is 2.72. The molecule has 3 atom stereocenters. The van der Waals surface area contributed by atoms with E-state index < -0.39 is 0 Å². The van der Waals surface area contributed by atoms with Crippen molar-refractivity contribution in [1.29, 1.82) is 0 Å². The molecule has 3 unspecified atom stereocenters. The highest BCUT2D eigenvalue weighted by atomic mass is 16.2. The zero-order chi connectivity index (χ0) is 19.1. The molecule has 1 amide bonds. The molecule has 1 aromatic rings. The van der Waals surface area contributed by atoms with Crippen molar-refractivity contribution in [3.63, 3.8) is 0 Å². The van der Waals surface area contributed by atoms with Gasteiger partial charge >= 0.3 is 0 Å². The standard InChI is InChI=1S/C24H35NO2/c1-19(20-9-3-2-4-10-20)16-17-22(26)13-7-15-24(27)25-18-8-12-21-11-5-6-14-23(21)25/h2-4,9-10,19,21,23H,5-8,11-18H2,1H3. The van der Waals surface area contributed by atoms with E-state index in [-0.39, 0.29) is 5.91 Å². The fourth-order valence-electron chi connectivity index (χ4n) is 4.97. The van der Waals surface area contributed by atoms with Crippen LogP contribution in [0.2, 0.25) is 0 Å². The van der Waals surface area contributed by atoms with E-state index in [1.165, 1.54) is 37.7 Å². The zero-order valence-electron chi connectivity index (χ0n) is 16.9. The van der Waals surface area contributed by atoms with E-state index in [0.29, 0.717) is 43.4 Å². The van der Waals surface area contributed by atoms with Gasteiger partial charge in [0, 0.05) is 31.8 Å². The maximum Gasteiger partial charge on any atom is 0.222 e. The van der Waals surface area contributed by atoms with E-state index >= 15 is 0 Å². The van der Waals surface area contributed by atoms with Gasteiger partial charge in [0.2, 0.25) is 5.91 Å². The SMILES string of the molecule is CC(CCC(=O)CCCC(=O)N1CCCC2CCCCC21)c1ccccc1. The summed E-state index contributed by atoms with van der Waals surface area (Å²) in [5, 5.41) is 0. The summed E-state index contributed by atoms with van der Waals surface area (Å²) in [7, 11) is 0. The number of piperidine rings is 1. The number of hydrogen-bond donors (Lipinski definition) is 0. The summed E-state index contributed by atoms with van der Waals surface area (Å²) >= 11 is 0. The Balaban J connectivity index is 1.36. The second kappa shape index (κ2) is 10.1. The number of hydrogen-bond acceptors (Lipinski definition) is 2. The minimum atomic E-state index is 0.289. The van der Waals surface area contributed by atoms with Gasteiger partial charge in [0.05, 0.1) is 0 Å². The van der Waals surface area contributed by atoms with Gasteiger partial charge in [-0.15, -0.1) is 0 Å². The van der Waals surface area contributed by atoms with Crippen molar-refractivity contribution in [2.75, 3.05) is 6.54 Å². The van der Waals surface area contributed by atoms with E-state index in [4.69, 9.17) is 0 Å². The summed E-state index contributed by atoms with van der Waals surface area (Å²) in [5.41, 5.74) is 1.30. The predicted molar refractivity (Wildman–Crippen MR) is 110 cm³/mol. The largest absolute Gasteiger partial charge is 0.339 e. The highest BCUT2D eigenvalue weighted by Gasteiger charge is 2.35. The molecule has 1 aliphatic carbocycles. The Kier molecular flexibility index (Phi) is 7.49. The van der Waals surface area contributed by atoms with Crippen LogP contribution in [0.1, 0.15) is 89.0 Å². The molecule has 148 valence electrons. The summed E-state index contributed by atoms with van der Waals surface area (Å²) in [6, 6.07) is 10.9.